The summed E-state index contributed by atoms with van der Waals surface area (Å²) in [5.74, 6) is -1.53. The first-order valence-corrected chi connectivity index (χ1v) is 8.22. The maximum Gasteiger partial charge on any atom is 0.355 e. The lowest BCUT2D eigenvalue weighted by atomic mass is 10.1. The number of anilines is 1. The number of hydrogen-bond acceptors (Lipinski definition) is 8. The first kappa shape index (κ1) is 17.9. The lowest BCUT2D eigenvalue weighted by Gasteiger charge is -2.31. The van der Waals surface area contributed by atoms with Crippen molar-refractivity contribution in [1.82, 2.24) is 0 Å². The number of primary sulfonamides is 1. The highest BCUT2D eigenvalue weighted by molar-refractivity contribution is 7.89. The Labute approximate surface area is 138 Å². The molecule has 1 heterocycles. The van der Waals surface area contributed by atoms with Crippen LogP contribution in [0.2, 0.25) is 0 Å². The summed E-state index contributed by atoms with van der Waals surface area (Å²) < 4.78 is 37.7. The Morgan fingerprint density at radius 3 is 2.46 bits per heavy atom. The van der Waals surface area contributed by atoms with Crippen LogP contribution in [0.5, 0.6) is 0 Å². The van der Waals surface area contributed by atoms with Crippen molar-refractivity contribution in [2.24, 2.45) is 5.14 Å². The molecule has 1 aromatic carbocycles. The molecule has 0 unspecified atom stereocenters. The lowest BCUT2D eigenvalue weighted by Crippen LogP contribution is -2.38. The molecule has 0 radical (unpaired) electrons. The van der Waals surface area contributed by atoms with E-state index in [1.54, 1.807) is 6.07 Å². The number of methoxy groups -OCH3 is 2. The van der Waals surface area contributed by atoms with Crippen molar-refractivity contribution in [2.75, 3.05) is 32.5 Å². The lowest BCUT2D eigenvalue weighted by molar-refractivity contribution is -0.140. The van der Waals surface area contributed by atoms with Gasteiger partial charge in [0, 0.05) is 5.69 Å². The Morgan fingerprint density at radius 2 is 1.88 bits per heavy atom. The fourth-order valence-electron chi connectivity index (χ4n) is 2.18. The molecule has 1 aliphatic rings. The number of ether oxygens (including phenoxy) is 3. The van der Waals surface area contributed by atoms with Crippen LogP contribution >= 0.6 is 0 Å². The quantitative estimate of drug-likeness (QED) is 0.731. The van der Waals surface area contributed by atoms with E-state index in [2.05, 4.69) is 4.74 Å². The molecule has 1 aromatic rings. The summed E-state index contributed by atoms with van der Waals surface area (Å²) in [6, 6.07) is 5.58. The monoisotopic (exact) mass is 356 g/mol. The van der Waals surface area contributed by atoms with E-state index in [0.29, 0.717) is 5.69 Å². The van der Waals surface area contributed by atoms with Crippen molar-refractivity contribution in [3.63, 3.8) is 0 Å². The molecule has 0 fully saturated rings. The topological polar surface area (TPSA) is 125 Å². The summed E-state index contributed by atoms with van der Waals surface area (Å²) in [4.78, 5) is 25.2. The number of nitrogens with two attached hydrogens (primary N) is 1. The van der Waals surface area contributed by atoms with Gasteiger partial charge >= 0.3 is 11.9 Å². The Morgan fingerprint density at radius 1 is 1.21 bits per heavy atom. The minimum atomic E-state index is -3.93. The van der Waals surface area contributed by atoms with Crippen LogP contribution in [0.25, 0.3) is 0 Å². The third-order valence-corrected chi connectivity index (χ3v) is 4.20. The van der Waals surface area contributed by atoms with Gasteiger partial charge in [-0.05, 0) is 18.2 Å². The zero-order chi connectivity index (χ0) is 17.9. The number of carbonyl (C=O) groups excluding carboxylic acids is 2. The Hall–Kier alpha value is -2.43. The standard InChI is InChI=1S/C14H16N2O7S/c1-21-13(17)11-7-23-8-16(12(11)14(18)22-2)9-4-3-5-10(6-9)24(15,19)20/h3-6H,7-8H2,1-2H3,(H2,15,19,20). The van der Waals surface area contributed by atoms with Crippen LogP contribution in [0.1, 0.15) is 0 Å². The van der Waals surface area contributed by atoms with Crippen LogP contribution in [-0.4, -0.2) is 47.9 Å². The molecule has 0 atom stereocenters. The van der Waals surface area contributed by atoms with Crippen molar-refractivity contribution in [1.29, 1.82) is 0 Å². The summed E-state index contributed by atoms with van der Waals surface area (Å²) in [5, 5.41) is 5.12. The van der Waals surface area contributed by atoms with Crippen molar-refractivity contribution >= 4 is 27.6 Å². The molecule has 0 amide bonds. The first-order chi connectivity index (χ1) is 11.3. The van der Waals surface area contributed by atoms with Gasteiger partial charge in [-0.15, -0.1) is 0 Å². The fourth-order valence-corrected chi connectivity index (χ4v) is 2.73. The van der Waals surface area contributed by atoms with Gasteiger partial charge in [0.25, 0.3) is 0 Å². The van der Waals surface area contributed by atoms with E-state index in [4.69, 9.17) is 14.6 Å². The second-order valence-corrected chi connectivity index (χ2v) is 6.32. The van der Waals surface area contributed by atoms with Gasteiger partial charge in [0.2, 0.25) is 10.0 Å². The van der Waals surface area contributed by atoms with Crippen LogP contribution in [-0.2, 0) is 33.8 Å². The summed E-state index contributed by atoms with van der Waals surface area (Å²) in [7, 11) is -1.60. The van der Waals surface area contributed by atoms with Gasteiger partial charge in [0.05, 0.1) is 31.3 Å². The molecule has 0 spiro atoms. The Bertz CT molecular complexity index is 801. The largest absolute Gasteiger partial charge is 0.466 e. The predicted octanol–water partition coefficient (Wildman–Crippen LogP) is -0.272. The van der Waals surface area contributed by atoms with Crippen LogP contribution in [0.4, 0.5) is 5.69 Å². The number of esters is 2. The van der Waals surface area contributed by atoms with E-state index < -0.39 is 22.0 Å². The molecule has 0 saturated heterocycles. The zero-order valence-electron chi connectivity index (χ0n) is 13.0. The fraction of sp³-hybridized carbons (Fsp3) is 0.286. The van der Waals surface area contributed by atoms with Gasteiger partial charge in [0.1, 0.15) is 12.4 Å². The van der Waals surface area contributed by atoms with Crippen molar-refractivity contribution in [2.45, 2.75) is 4.90 Å². The normalized spacial score (nSPS) is 15.2. The average Bonchev–Trinajstić information content (AvgIpc) is 2.59. The van der Waals surface area contributed by atoms with E-state index in [1.807, 2.05) is 0 Å². The van der Waals surface area contributed by atoms with Crippen LogP contribution in [0.15, 0.2) is 40.4 Å². The second kappa shape index (κ2) is 6.99. The average molecular weight is 356 g/mol. The highest BCUT2D eigenvalue weighted by Crippen LogP contribution is 2.28. The summed E-state index contributed by atoms with van der Waals surface area (Å²) in [5.41, 5.74) is 0.182. The maximum absolute atomic E-state index is 12.1. The highest BCUT2D eigenvalue weighted by atomic mass is 32.2. The predicted molar refractivity (Wildman–Crippen MR) is 82.2 cm³/mol. The van der Waals surface area contributed by atoms with Gasteiger partial charge in [-0.1, -0.05) is 6.07 Å². The number of rotatable bonds is 4. The number of benzene rings is 1. The molecule has 0 aliphatic carbocycles. The van der Waals surface area contributed by atoms with Crippen molar-refractivity contribution in [3.05, 3.63) is 35.5 Å². The van der Waals surface area contributed by atoms with Crippen molar-refractivity contribution < 1.29 is 32.2 Å². The number of sulfonamides is 1. The number of hydrogen-bond donors (Lipinski definition) is 1. The molecule has 0 aromatic heterocycles. The molecule has 130 valence electrons. The first-order valence-electron chi connectivity index (χ1n) is 6.67. The van der Waals surface area contributed by atoms with E-state index >= 15 is 0 Å². The second-order valence-electron chi connectivity index (χ2n) is 4.76. The van der Waals surface area contributed by atoms with Gasteiger partial charge in [-0.25, -0.2) is 23.1 Å². The van der Waals surface area contributed by atoms with E-state index in [-0.39, 0.29) is 29.5 Å². The zero-order valence-corrected chi connectivity index (χ0v) is 13.8. The SMILES string of the molecule is COC(=O)C1=C(C(=O)OC)N(c2cccc(S(N)(=O)=O)c2)COC1. The molecule has 1 aliphatic heterocycles. The van der Waals surface area contributed by atoms with Crippen molar-refractivity contribution in [3.8, 4) is 0 Å². The van der Waals surface area contributed by atoms with E-state index in [1.165, 1.54) is 37.3 Å². The molecule has 2 N–H and O–H groups in total. The van der Waals surface area contributed by atoms with Crippen LogP contribution in [0.3, 0.4) is 0 Å². The minimum Gasteiger partial charge on any atom is -0.466 e. The molecule has 9 nitrogen and oxygen atoms in total. The van der Waals surface area contributed by atoms with E-state index in [0.717, 1.165) is 0 Å². The van der Waals surface area contributed by atoms with Gasteiger partial charge < -0.3 is 19.1 Å². The Kier molecular flexibility index (Phi) is 5.22. The third kappa shape index (κ3) is 3.55. The Balaban J connectivity index is 2.59. The van der Waals surface area contributed by atoms with Gasteiger partial charge in [-0.2, -0.15) is 0 Å². The molecular weight excluding hydrogens is 340 g/mol. The number of carbonyl (C=O) groups is 2. The summed E-state index contributed by atoms with van der Waals surface area (Å²) in [6.07, 6.45) is 0. The highest BCUT2D eigenvalue weighted by Gasteiger charge is 2.32. The van der Waals surface area contributed by atoms with Gasteiger partial charge in [0.15, 0.2) is 0 Å². The molecule has 2 rings (SSSR count). The number of nitrogens with zero attached hydrogens (tertiary/aromatic N) is 1. The minimum absolute atomic E-state index is 0.0309. The molecule has 0 saturated carbocycles. The summed E-state index contributed by atoms with van der Waals surface area (Å²) in [6.45, 7) is -0.221. The molecule has 24 heavy (non-hydrogen) atoms. The van der Waals surface area contributed by atoms with Crippen LogP contribution in [0, 0.1) is 0 Å². The van der Waals surface area contributed by atoms with Crippen LogP contribution < -0.4 is 10.0 Å². The van der Waals surface area contributed by atoms with Gasteiger partial charge in [-0.3, -0.25) is 0 Å². The third-order valence-electron chi connectivity index (χ3n) is 3.29. The smallest absolute Gasteiger partial charge is 0.355 e. The van der Waals surface area contributed by atoms with E-state index in [9.17, 15) is 18.0 Å². The maximum atomic E-state index is 12.1. The molecule has 0 bridgehead atoms. The molecular formula is C14H16N2O7S. The molecule has 10 heteroatoms. The summed E-state index contributed by atoms with van der Waals surface area (Å²) >= 11 is 0.